The number of para-hydroxylation sites is 1. The molecule has 0 spiro atoms. The van der Waals surface area contributed by atoms with Crippen molar-refractivity contribution in [1.82, 2.24) is 10.3 Å². The summed E-state index contributed by atoms with van der Waals surface area (Å²) >= 11 is 0. The maximum atomic E-state index is 12.7. The standard InChI is InChI=1S/C22H30N4O2/c1-22(2,3)28-21(27)26-13-11-16-8-6-9-17(19(16)26)14-23-15-18-10-7-12-24-20(18)25(4)5/h6-10,12,23H,11,13-15H2,1-5H3. The van der Waals surface area contributed by atoms with Crippen LogP contribution in [0.1, 0.15) is 37.5 Å². The Hall–Kier alpha value is -2.60. The van der Waals surface area contributed by atoms with Crippen LogP contribution in [0.25, 0.3) is 0 Å². The van der Waals surface area contributed by atoms with Gasteiger partial charge in [0, 0.05) is 45.5 Å². The summed E-state index contributed by atoms with van der Waals surface area (Å²) in [5.41, 5.74) is 3.93. The van der Waals surface area contributed by atoms with Crippen molar-refractivity contribution in [3.05, 3.63) is 53.2 Å². The van der Waals surface area contributed by atoms with Gasteiger partial charge in [0.1, 0.15) is 11.4 Å². The number of hydrogen-bond acceptors (Lipinski definition) is 5. The summed E-state index contributed by atoms with van der Waals surface area (Å²) in [5.74, 6) is 0.962. The summed E-state index contributed by atoms with van der Waals surface area (Å²) in [6, 6.07) is 10.3. The Morgan fingerprint density at radius 2 is 1.89 bits per heavy atom. The number of nitrogens with zero attached hydrogens (tertiary/aromatic N) is 3. The minimum Gasteiger partial charge on any atom is -0.443 e. The number of nitrogens with one attached hydrogen (secondary N) is 1. The number of anilines is 2. The fraction of sp³-hybridized carbons (Fsp3) is 0.455. The number of carbonyl (C=O) groups excluding carboxylic acids is 1. The van der Waals surface area contributed by atoms with E-state index >= 15 is 0 Å². The molecule has 0 radical (unpaired) electrons. The molecule has 0 bridgehead atoms. The minimum atomic E-state index is -0.504. The van der Waals surface area contributed by atoms with E-state index in [0.717, 1.165) is 29.1 Å². The van der Waals surface area contributed by atoms with Crippen LogP contribution in [0.15, 0.2) is 36.5 Å². The lowest BCUT2D eigenvalue weighted by molar-refractivity contribution is 0.0583. The first-order valence-corrected chi connectivity index (χ1v) is 9.69. The summed E-state index contributed by atoms with van der Waals surface area (Å²) in [4.78, 5) is 20.9. The number of aromatic nitrogens is 1. The van der Waals surface area contributed by atoms with Crippen molar-refractivity contribution in [2.75, 3.05) is 30.4 Å². The first-order valence-electron chi connectivity index (χ1n) is 9.69. The molecule has 1 aliphatic rings. The number of ether oxygens (including phenoxy) is 1. The number of carbonyl (C=O) groups is 1. The topological polar surface area (TPSA) is 57.7 Å². The third-order valence-corrected chi connectivity index (χ3v) is 4.61. The van der Waals surface area contributed by atoms with Crippen LogP contribution in [0.5, 0.6) is 0 Å². The Kier molecular flexibility index (Phi) is 5.89. The van der Waals surface area contributed by atoms with Crippen LogP contribution in [0.2, 0.25) is 0 Å². The summed E-state index contributed by atoms with van der Waals surface area (Å²) in [6.07, 6.45) is 2.39. The monoisotopic (exact) mass is 382 g/mol. The summed E-state index contributed by atoms with van der Waals surface area (Å²) in [5, 5.41) is 3.51. The maximum absolute atomic E-state index is 12.7. The van der Waals surface area contributed by atoms with Crippen molar-refractivity contribution >= 4 is 17.6 Å². The van der Waals surface area contributed by atoms with E-state index in [4.69, 9.17) is 4.74 Å². The van der Waals surface area contributed by atoms with Gasteiger partial charge in [-0.15, -0.1) is 0 Å². The maximum Gasteiger partial charge on any atom is 0.414 e. The van der Waals surface area contributed by atoms with Crippen molar-refractivity contribution in [1.29, 1.82) is 0 Å². The number of fused-ring (bicyclic) bond motifs is 1. The Morgan fingerprint density at radius 3 is 2.61 bits per heavy atom. The number of amides is 1. The Labute approximate surface area is 167 Å². The number of hydrogen-bond donors (Lipinski definition) is 1. The molecule has 3 rings (SSSR count). The number of pyridine rings is 1. The molecule has 1 amide bonds. The van der Waals surface area contributed by atoms with Gasteiger partial charge in [-0.1, -0.05) is 24.3 Å². The molecule has 6 nitrogen and oxygen atoms in total. The van der Waals surface area contributed by atoms with E-state index in [2.05, 4.69) is 34.6 Å². The quantitative estimate of drug-likeness (QED) is 0.854. The largest absolute Gasteiger partial charge is 0.443 e. The van der Waals surface area contributed by atoms with Gasteiger partial charge in [0.15, 0.2) is 0 Å². The summed E-state index contributed by atoms with van der Waals surface area (Å²) < 4.78 is 5.60. The van der Waals surface area contributed by atoms with E-state index < -0.39 is 5.60 Å². The molecule has 2 heterocycles. The van der Waals surface area contributed by atoms with E-state index in [1.165, 1.54) is 5.56 Å². The van der Waals surface area contributed by atoms with Gasteiger partial charge in [0.2, 0.25) is 0 Å². The predicted octanol–water partition coefficient (Wildman–Crippen LogP) is 3.74. The molecule has 0 saturated heterocycles. The highest BCUT2D eigenvalue weighted by Gasteiger charge is 2.30. The van der Waals surface area contributed by atoms with Gasteiger partial charge in [-0.2, -0.15) is 0 Å². The van der Waals surface area contributed by atoms with Crippen molar-refractivity contribution < 1.29 is 9.53 Å². The fourth-order valence-corrected chi connectivity index (χ4v) is 3.48. The third-order valence-electron chi connectivity index (χ3n) is 4.61. The zero-order valence-corrected chi connectivity index (χ0v) is 17.5. The van der Waals surface area contributed by atoms with Crippen LogP contribution in [0, 0.1) is 0 Å². The van der Waals surface area contributed by atoms with Crippen LogP contribution in [0.3, 0.4) is 0 Å². The molecule has 28 heavy (non-hydrogen) atoms. The minimum absolute atomic E-state index is 0.277. The first-order chi connectivity index (χ1) is 13.3. The van der Waals surface area contributed by atoms with E-state index in [0.29, 0.717) is 19.6 Å². The molecular weight excluding hydrogens is 352 g/mol. The van der Waals surface area contributed by atoms with E-state index in [9.17, 15) is 4.79 Å². The second kappa shape index (κ2) is 8.19. The molecular formula is C22H30N4O2. The molecule has 0 unspecified atom stereocenters. The van der Waals surface area contributed by atoms with Crippen LogP contribution >= 0.6 is 0 Å². The van der Waals surface area contributed by atoms with Gasteiger partial charge in [-0.25, -0.2) is 9.78 Å². The Morgan fingerprint density at radius 1 is 1.18 bits per heavy atom. The van der Waals surface area contributed by atoms with Crippen LogP contribution in [-0.2, 0) is 24.2 Å². The van der Waals surface area contributed by atoms with Gasteiger partial charge in [0.05, 0.1) is 5.69 Å². The lowest BCUT2D eigenvalue weighted by atomic mass is 10.1. The van der Waals surface area contributed by atoms with Gasteiger partial charge in [-0.3, -0.25) is 4.90 Å². The smallest absolute Gasteiger partial charge is 0.414 e. The predicted molar refractivity (Wildman–Crippen MR) is 113 cm³/mol. The lowest BCUT2D eigenvalue weighted by Gasteiger charge is -2.26. The number of benzene rings is 1. The highest BCUT2D eigenvalue weighted by Crippen LogP contribution is 2.33. The molecule has 1 aromatic heterocycles. The molecule has 0 saturated carbocycles. The van der Waals surface area contributed by atoms with Gasteiger partial charge >= 0.3 is 6.09 Å². The van der Waals surface area contributed by atoms with E-state index in [1.807, 2.05) is 52.0 Å². The van der Waals surface area contributed by atoms with Crippen molar-refractivity contribution in [3.63, 3.8) is 0 Å². The molecule has 1 aliphatic heterocycles. The SMILES string of the molecule is CN(C)c1ncccc1CNCc1cccc2c1N(C(=O)OC(C)(C)C)CC2. The normalized spacial score (nSPS) is 13.4. The van der Waals surface area contributed by atoms with E-state index in [-0.39, 0.29) is 6.09 Å². The molecule has 150 valence electrons. The van der Waals surface area contributed by atoms with E-state index in [1.54, 1.807) is 4.90 Å². The van der Waals surface area contributed by atoms with Gasteiger partial charge in [-0.05, 0) is 44.4 Å². The Balaban J connectivity index is 1.73. The highest BCUT2D eigenvalue weighted by atomic mass is 16.6. The van der Waals surface area contributed by atoms with Crippen molar-refractivity contribution in [3.8, 4) is 0 Å². The third kappa shape index (κ3) is 4.62. The highest BCUT2D eigenvalue weighted by molar-refractivity contribution is 5.91. The second-order valence-electron chi connectivity index (χ2n) is 8.29. The molecule has 1 aromatic carbocycles. The molecule has 1 N–H and O–H groups in total. The molecule has 0 atom stereocenters. The average Bonchev–Trinajstić information content (AvgIpc) is 3.06. The zero-order valence-electron chi connectivity index (χ0n) is 17.5. The summed E-state index contributed by atoms with van der Waals surface area (Å²) in [7, 11) is 3.99. The van der Waals surface area contributed by atoms with Gasteiger partial charge in [0.25, 0.3) is 0 Å². The lowest BCUT2D eigenvalue weighted by Crippen LogP contribution is -2.36. The first kappa shape index (κ1) is 20.1. The zero-order chi connectivity index (χ0) is 20.3. The van der Waals surface area contributed by atoms with Crippen LogP contribution in [0.4, 0.5) is 16.3 Å². The molecule has 6 heteroatoms. The number of rotatable bonds is 5. The van der Waals surface area contributed by atoms with Crippen LogP contribution in [-0.4, -0.2) is 37.3 Å². The average molecular weight is 383 g/mol. The molecule has 0 aliphatic carbocycles. The van der Waals surface area contributed by atoms with Crippen molar-refractivity contribution in [2.45, 2.75) is 45.9 Å². The van der Waals surface area contributed by atoms with Crippen molar-refractivity contribution in [2.24, 2.45) is 0 Å². The Bertz CT molecular complexity index is 843. The fourth-order valence-electron chi connectivity index (χ4n) is 3.48. The second-order valence-corrected chi connectivity index (χ2v) is 8.29. The summed E-state index contributed by atoms with van der Waals surface area (Å²) in [6.45, 7) is 7.72. The van der Waals surface area contributed by atoms with Crippen LogP contribution < -0.4 is 15.1 Å². The molecule has 0 fully saturated rings. The molecule has 2 aromatic rings. The van der Waals surface area contributed by atoms with Gasteiger partial charge < -0.3 is 15.0 Å².